The molecule has 2 aromatic heterocycles. The molecule has 1 aliphatic carbocycles. The van der Waals surface area contributed by atoms with Gasteiger partial charge in [-0.2, -0.15) is 0 Å². The van der Waals surface area contributed by atoms with Gasteiger partial charge in [0.25, 0.3) is 0 Å². The summed E-state index contributed by atoms with van der Waals surface area (Å²) in [5.41, 5.74) is 2.62. The molecule has 0 spiro atoms. The highest BCUT2D eigenvalue weighted by Gasteiger charge is 2.31. The number of benzene rings is 1. The van der Waals surface area contributed by atoms with Crippen molar-refractivity contribution in [1.29, 1.82) is 0 Å². The van der Waals surface area contributed by atoms with Crippen molar-refractivity contribution in [3.05, 3.63) is 65.9 Å². The molecule has 2 aliphatic rings. The molecule has 3 heterocycles. The third kappa shape index (κ3) is 4.35. The van der Waals surface area contributed by atoms with Crippen molar-refractivity contribution >= 4 is 0 Å². The molecular formula is C25H31N5O. The van der Waals surface area contributed by atoms with E-state index in [1.54, 1.807) is 6.20 Å². The van der Waals surface area contributed by atoms with Crippen molar-refractivity contribution in [2.24, 2.45) is 0 Å². The summed E-state index contributed by atoms with van der Waals surface area (Å²) in [6, 6.07) is 15.4. The van der Waals surface area contributed by atoms with E-state index in [1.807, 2.05) is 18.2 Å². The summed E-state index contributed by atoms with van der Waals surface area (Å²) in [6.45, 7) is 4.41. The molecule has 0 bridgehead atoms. The molecule has 5 rings (SSSR count). The van der Waals surface area contributed by atoms with Crippen LogP contribution < -0.4 is 10.1 Å². The van der Waals surface area contributed by atoms with Crippen LogP contribution in [-0.2, 0) is 12.8 Å². The normalized spacial score (nSPS) is 23.1. The minimum absolute atomic E-state index is 0.226. The minimum atomic E-state index is 0.226. The van der Waals surface area contributed by atoms with E-state index in [2.05, 4.69) is 58.1 Å². The van der Waals surface area contributed by atoms with E-state index >= 15 is 0 Å². The summed E-state index contributed by atoms with van der Waals surface area (Å²) in [5, 5.41) is 13.1. The first-order valence-electron chi connectivity index (χ1n) is 11.5. The third-order valence-corrected chi connectivity index (χ3v) is 6.42. The second kappa shape index (κ2) is 8.79. The van der Waals surface area contributed by atoms with E-state index < -0.39 is 0 Å². The van der Waals surface area contributed by atoms with Gasteiger partial charge >= 0.3 is 0 Å². The first-order valence-corrected chi connectivity index (χ1v) is 11.5. The van der Waals surface area contributed by atoms with Gasteiger partial charge in [-0.3, -0.25) is 4.57 Å². The number of ether oxygens (including phenoxy) is 1. The highest BCUT2D eigenvalue weighted by molar-refractivity contribution is 5.45. The fourth-order valence-electron chi connectivity index (χ4n) is 5.06. The first kappa shape index (κ1) is 20.2. The predicted molar refractivity (Wildman–Crippen MR) is 121 cm³/mol. The van der Waals surface area contributed by atoms with Gasteiger partial charge < -0.3 is 10.1 Å². The molecule has 1 unspecified atom stereocenters. The molecule has 3 aromatic rings. The molecule has 6 nitrogen and oxygen atoms in total. The Balaban J connectivity index is 1.37. The molecule has 31 heavy (non-hydrogen) atoms. The monoisotopic (exact) mass is 417 g/mol. The lowest BCUT2D eigenvalue weighted by atomic mass is 9.86. The van der Waals surface area contributed by atoms with E-state index in [9.17, 15) is 0 Å². The smallest absolute Gasteiger partial charge is 0.213 e. The van der Waals surface area contributed by atoms with Crippen LogP contribution >= 0.6 is 0 Å². The molecule has 6 heteroatoms. The quantitative estimate of drug-likeness (QED) is 0.673. The SMILES string of the molecule is CC(C)NC1Cc2ccccc2-n2c(nnc2[C@H]2CC[C@H](Oc3ccccn3)CC2)C1. The first-order chi connectivity index (χ1) is 15.2. The molecule has 0 saturated heterocycles. The van der Waals surface area contributed by atoms with Gasteiger partial charge in [-0.1, -0.05) is 38.1 Å². The fourth-order valence-corrected chi connectivity index (χ4v) is 5.06. The van der Waals surface area contributed by atoms with Gasteiger partial charge in [-0.15, -0.1) is 10.2 Å². The van der Waals surface area contributed by atoms with E-state index in [1.165, 1.54) is 11.3 Å². The molecule has 1 aromatic carbocycles. The van der Waals surface area contributed by atoms with Crippen LogP contribution in [0.1, 0.15) is 62.7 Å². The predicted octanol–water partition coefficient (Wildman–Crippen LogP) is 4.23. The van der Waals surface area contributed by atoms with Gasteiger partial charge in [0.1, 0.15) is 17.8 Å². The zero-order valence-electron chi connectivity index (χ0n) is 18.4. The summed E-state index contributed by atoms with van der Waals surface area (Å²) < 4.78 is 8.45. The van der Waals surface area contributed by atoms with Crippen LogP contribution in [0.2, 0.25) is 0 Å². The Labute approximate surface area is 184 Å². The van der Waals surface area contributed by atoms with Gasteiger partial charge in [0, 0.05) is 36.7 Å². The van der Waals surface area contributed by atoms with Gasteiger partial charge in [-0.25, -0.2) is 4.98 Å². The van der Waals surface area contributed by atoms with Gasteiger partial charge in [-0.05, 0) is 49.8 Å². The maximum absolute atomic E-state index is 6.10. The summed E-state index contributed by atoms with van der Waals surface area (Å²) in [6.07, 6.45) is 8.08. The summed E-state index contributed by atoms with van der Waals surface area (Å²) in [4.78, 5) is 4.31. The standard InChI is InChI=1S/C25H31N5O/c1-17(2)27-20-15-19-7-3-4-8-22(19)30-23(16-20)28-29-25(30)18-10-12-21(13-11-18)31-24-9-5-6-14-26-24/h3-9,14,17-18,20-21,27H,10-13,15-16H2,1-2H3/t18-,20?,21-. The van der Waals surface area contributed by atoms with Crippen molar-refractivity contribution in [1.82, 2.24) is 25.1 Å². The molecule has 0 amide bonds. The second-order valence-electron chi connectivity index (χ2n) is 9.12. The van der Waals surface area contributed by atoms with Crippen molar-refractivity contribution in [3.63, 3.8) is 0 Å². The molecular weight excluding hydrogens is 386 g/mol. The van der Waals surface area contributed by atoms with Crippen molar-refractivity contribution < 1.29 is 4.74 Å². The van der Waals surface area contributed by atoms with Crippen molar-refractivity contribution in [2.75, 3.05) is 0 Å². The lowest BCUT2D eigenvalue weighted by Gasteiger charge is -2.28. The van der Waals surface area contributed by atoms with E-state index in [0.717, 1.165) is 56.1 Å². The number of aromatic nitrogens is 4. The second-order valence-corrected chi connectivity index (χ2v) is 9.12. The Hall–Kier alpha value is -2.73. The van der Waals surface area contributed by atoms with Crippen LogP contribution in [0.25, 0.3) is 5.69 Å². The van der Waals surface area contributed by atoms with Crippen LogP contribution in [0.5, 0.6) is 5.88 Å². The summed E-state index contributed by atoms with van der Waals surface area (Å²) >= 11 is 0. The largest absolute Gasteiger partial charge is 0.474 e. The molecule has 1 saturated carbocycles. The number of nitrogens with zero attached hydrogens (tertiary/aromatic N) is 4. The molecule has 0 radical (unpaired) electrons. The summed E-state index contributed by atoms with van der Waals surface area (Å²) in [5.74, 6) is 3.32. The lowest BCUT2D eigenvalue weighted by molar-refractivity contribution is 0.139. The lowest BCUT2D eigenvalue weighted by Crippen LogP contribution is -2.37. The Morgan fingerprint density at radius 3 is 2.55 bits per heavy atom. The number of para-hydroxylation sites is 1. The molecule has 1 aliphatic heterocycles. The van der Waals surface area contributed by atoms with E-state index in [4.69, 9.17) is 9.84 Å². The Morgan fingerprint density at radius 2 is 1.77 bits per heavy atom. The number of nitrogens with one attached hydrogen (secondary N) is 1. The highest BCUT2D eigenvalue weighted by atomic mass is 16.5. The highest BCUT2D eigenvalue weighted by Crippen LogP contribution is 2.36. The average molecular weight is 418 g/mol. The molecule has 1 N–H and O–H groups in total. The van der Waals surface area contributed by atoms with Crippen molar-refractivity contribution in [3.8, 4) is 11.6 Å². The van der Waals surface area contributed by atoms with E-state index in [-0.39, 0.29) is 6.10 Å². The summed E-state index contributed by atoms with van der Waals surface area (Å²) in [7, 11) is 0. The van der Waals surface area contributed by atoms with Crippen LogP contribution in [0.15, 0.2) is 48.7 Å². The maximum Gasteiger partial charge on any atom is 0.213 e. The third-order valence-electron chi connectivity index (χ3n) is 6.42. The van der Waals surface area contributed by atoms with Gasteiger partial charge in [0.05, 0.1) is 5.69 Å². The number of hydrogen-bond donors (Lipinski definition) is 1. The number of fused-ring (bicyclic) bond motifs is 3. The average Bonchev–Trinajstić information content (AvgIpc) is 3.11. The van der Waals surface area contributed by atoms with Gasteiger partial charge in [0.15, 0.2) is 0 Å². The number of hydrogen-bond acceptors (Lipinski definition) is 5. The van der Waals surface area contributed by atoms with Crippen molar-refractivity contribution in [2.45, 2.75) is 76.5 Å². The topological polar surface area (TPSA) is 64.9 Å². The Bertz CT molecular complexity index is 1010. The zero-order chi connectivity index (χ0) is 21.2. The molecule has 1 atom stereocenters. The van der Waals surface area contributed by atoms with Crippen LogP contribution in [0.4, 0.5) is 0 Å². The Morgan fingerprint density at radius 1 is 0.968 bits per heavy atom. The van der Waals surface area contributed by atoms with Crippen LogP contribution in [0, 0.1) is 0 Å². The van der Waals surface area contributed by atoms with Crippen LogP contribution in [-0.4, -0.2) is 37.9 Å². The zero-order valence-corrected chi connectivity index (χ0v) is 18.4. The Kier molecular flexibility index (Phi) is 5.72. The minimum Gasteiger partial charge on any atom is -0.474 e. The fraction of sp³-hybridized carbons (Fsp3) is 0.480. The number of pyridine rings is 1. The maximum atomic E-state index is 6.10. The van der Waals surface area contributed by atoms with E-state index in [0.29, 0.717) is 18.0 Å². The van der Waals surface area contributed by atoms with Crippen LogP contribution in [0.3, 0.4) is 0 Å². The van der Waals surface area contributed by atoms with Gasteiger partial charge in [0.2, 0.25) is 5.88 Å². The number of rotatable bonds is 5. The molecule has 1 fully saturated rings. The molecule has 162 valence electrons.